The van der Waals surface area contributed by atoms with Crippen LogP contribution < -0.4 is 10.9 Å². The van der Waals surface area contributed by atoms with Gasteiger partial charge in [-0.1, -0.05) is 6.92 Å². The summed E-state index contributed by atoms with van der Waals surface area (Å²) >= 11 is 4.97. The van der Waals surface area contributed by atoms with E-state index >= 15 is 0 Å². The van der Waals surface area contributed by atoms with Crippen molar-refractivity contribution in [2.45, 2.75) is 33.4 Å². The van der Waals surface area contributed by atoms with Crippen LogP contribution in [-0.2, 0) is 13.1 Å². The first-order valence-electron chi connectivity index (χ1n) is 6.02. The highest BCUT2D eigenvalue weighted by Gasteiger charge is 2.08. The first-order valence-corrected chi connectivity index (χ1v) is 7.63. The van der Waals surface area contributed by atoms with Crippen molar-refractivity contribution in [2.24, 2.45) is 0 Å². The Morgan fingerprint density at radius 2 is 2.26 bits per heavy atom. The van der Waals surface area contributed by atoms with Crippen LogP contribution in [0.5, 0.6) is 0 Å². The zero-order valence-corrected chi connectivity index (χ0v) is 13.2. The molecule has 2 heterocycles. The Labute approximate surface area is 123 Å². The van der Waals surface area contributed by atoms with Crippen LogP contribution >= 0.6 is 27.3 Å². The van der Waals surface area contributed by atoms with Gasteiger partial charge in [-0.3, -0.25) is 4.79 Å². The Kier molecular flexibility index (Phi) is 4.71. The van der Waals surface area contributed by atoms with Crippen LogP contribution in [0.25, 0.3) is 0 Å². The Hall–Kier alpha value is -1.21. The van der Waals surface area contributed by atoms with Crippen LogP contribution in [0.3, 0.4) is 0 Å². The largest absolute Gasteiger partial charge is 0.378 e. The minimum absolute atomic E-state index is 0.104. The summed E-state index contributed by atoms with van der Waals surface area (Å²) in [5, 5.41) is 8.38. The fourth-order valence-corrected chi connectivity index (χ4v) is 2.81. The minimum atomic E-state index is -0.104. The van der Waals surface area contributed by atoms with Gasteiger partial charge < -0.3 is 5.32 Å². The zero-order chi connectivity index (χ0) is 13.8. The number of aromatic nitrogens is 3. The lowest BCUT2D eigenvalue weighted by Gasteiger charge is -2.09. The number of hydrogen-bond acceptors (Lipinski definition) is 5. The van der Waals surface area contributed by atoms with Gasteiger partial charge in [-0.15, -0.1) is 11.3 Å². The highest BCUT2D eigenvalue weighted by atomic mass is 79.9. The molecule has 0 bridgehead atoms. The number of halogens is 1. The number of anilines is 1. The first kappa shape index (κ1) is 14.2. The van der Waals surface area contributed by atoms with Crippen molar-refractivity contribution in [3.8, 4) is 0 Å². The number of nitrogens with zero attached hydrogens (tertiary/aromatic N) is 3. The van der Waals surface area contributed by atoms with E-state index in [0.29, 0.717) is 23.2 Å². The summed E-state index contributed by atoms with van der Waals surface area (Å²) in [6.07, 6.45) is 4.40. The van der Waals surface area contributed by atoms with E-state index in [-0.39, 0.29) is 5.56 Å². The number of thiazole rings is 1. The molecular weight excluding hydrogens is 328 g/mol. The SMILES string of the molecule is CCCn1ncc(NCc2cnc(C)s2)c(Br)c1=O. The first-order chi connectivity index (χ1) is 9.11. The smallest absolute Gasteiger partial charge is 0.283 e. The molecule has 0 spiro atoms. The summed E-state index contributed by atoms with van der Waals surface area (Å²) in [6, 6.07) is 0. The second-order valence-corrected chi connectivity index (χ2v) is 6.21. The van der Waals surface area contributed by atoms with Gasteiger partial charge in [-0.05, 0) is 29.3 Å². The van der Waals surface area contributed by atoms with Gasteiger partial charge in [0.2, 0.25) is 0 Å². The molecule has 0 unspecified atom stereocenters. The third-order valence-corrected chi connectivity index (χ3v) is 4.22. The van der Waals surface area contributed by atoms with Gasteiger partial charge in [-0.25, -0.2) is 9.67 Å². The Morgan fingerprint density at radius 3 is 2.89 bits per heavy atom. The van der Waals surface area contributed by atoms with Gasteiger partial charge in [0, 0.05) is 17.6 Å². The molecule has 0 aliphatic carbocycles. The predicted molar refractivity (Wildman–Crippen MR) is 80.7 cm³/mol. The second kappa shape index (κ2) is 6.29. The molecule has 0 saturated heterocycles. The molecule has 0 amide bonds. The van der Waals surface area contributed by atoms with Crippen LogP contribution in [0.15, 0.2) is 21.7 Å². The highest BCUT2D eigenvalue weighted by molar-refractivity contribution is 9.10. The topological polar surface area (TPSA) is 59.8 Å². The van der Waals surface area contributed by atoms with E-state index in [0.717, 1.165) is 16.3 Å². The summed E-state index contributed by atoms with van der Waals surface area (Å²) in [4.78, 5) is 17.3. The second-order valence-electron chi connectivity index (χ2n) is 4.10. The Balaban J connectivity index is 2.13. The molecular formula is C12H15BrN4OS. The van der Waals surface area contributed by atoms with Crippen molar-refractivity contribution in [3.05, 3.63) is 37.1 Å². The number of hydrogen-bond donors (Lipinski definition) is 1. The molecule has 0 fully saturated rings. The normalized spacial score (nSPS) is 10.7. The highest BCUT2D eigenvalue weighted by Crippen LogP contribution is 2.19. The molecule has 1 N–H and O–H groups in total. The average molecular weight is 343 g/mol. The Bertz CT molecular complexity index is 622. The maximum atomic E-state index is 12.0. The number of rotatable bonds is 5. The Morgan fingerprint density at radius 1 is 1.47 bits per heavy atom. The molecule has 5 nitrogen and oxygen atoms in total. The van der Waals surface area contributed by atoms with Crippen LogP contribution in [0, 0.1) is 6.92 Å². The minimum Gasteiger partial charge on any atom is -0.378 e. The van der Waals surface area contributed by atoms with Crippen LogP contribution in [0.4, 0.5) is 5.69 Å². The molecule has 2 aromatic heterocycles. The van der Waals surface area contributed by atoms with Crippen LogP contribution in [-0.4, -0.2) is 14.8 Å². The van der Waals surface area contributed by atoms with E-state index in [1.54, 1.807) is 17.5 Å². The predicted octanol–water partition coefficient (Wildman–Crippen LogP) is 2.79. The van der Waals surface area contributed by atoms with Gasteiger partial charge in [0.05, 0.1) is 23.4 Å². The van der Waals surface area contributed by atoms with E-state index < -0.39 is 0 Å². The molecule has 19 heavy (non-hydrogen) atoms. The molecule has 0 atom stereocenters. The fourth-order valence-electron chi connectivity index (χ4n) is 1.63. The lowest BCUT2D eigenvalue weighted by atomic mass is 10.4. The molecule has 2 aromatic rings. The van der Waals surface area contributed by atoms with Gasteiger partial charge in [0.1, 0.15) is 4.47 Å². The maximum Gasteiger partial charge on any atom is 0.283 e. The molecule has 0 saturated carbocycles. The number of aryl methyl sites for hydroxylation is 2. The van der Waals surface area contributed by atoms with Crippen molar-refractivity contribution >= 4 is 33.0 Å². The maximum absolute atomic E-state index is 12.0. The summed E-state index contributed by atoms with van der Waals surface area (Å²) in [5.41, 5.74) is 0.607. The molecule has 0 radical (unpaired) electrons. The van der Waals surface area contributed by atoms with Gasteiger partial charge in [0.25, 0.3) is 5.56 Å². The van der Waals surface area contributed by atoms with Crippen molar-refractivity contribution in [1.29, 1.82) is 0 Å². The molecule has 102 valence electrons. The molecule has 7 heteroatoms. The van der Waals surface area contributed by atoms with E-state index in [4.69, 9.17) is 0 Å². The monoisotopic (exact) mass is 342 g/mol. The lowest BCUT2D eigenvalue weighted by Crippen LogP contribution is -2.24. The van der Waals surface area contributed by atoms with Gasteiger partial charge >= 0.3 is 0 Å². The zero-order valence-electron chi connectivity index (χ0n) is 10.8. The molecule has 0 aliphatic heterocycles. The summed E-state index contributed by atoms with van der Waals surface area (Å²) < 4.78 is 1.99. The molecule has 0 aliphatic rings. The summed E-state index contributed by atoms with van der Waals surface area (Å²) in [6.45, 7) is 5.26. The number of nitrogens with one attached hydrogen (secondary N) is 1. The summed E-state index contributed by atoms with van der Waals surface area (Å²) in [7, 11) is 0. The van der Waals surface area contributed by atoms with Crippen molar-refractivity contribution in [2.75, 3.05) is 5.32 Å². The molecule has 0 aromatic carbocycles. The lowest BCUT2D eigenvalue weighted by molar-refractivity contribution is 0.566. The van der Waals surface area contributed by atoms with Gasteiger partial charge in [0.15, 0.2) is 0 Å². The quantitative estimate of drug-likeness (QED) is 0.907. The standard InChI is InChI=1S/C12H15BrN4OS/c1-3-4-17-12(18)11(13)10(7-16-17)15-6-9-5-14-8(2)19-9/h5,7,15H,3-4,6H2,1-2H3. The van der Waals surface area contributed by atoms with Crippen molar-refractivity contribution in [3.63, 3.8) is 0 Å². The van der Waals surface area contributed by atoms with Crippen LogP contribution in [0.2, 0.25) is 0 Å². The van der Waals surface area contributed by atoms with E-state index in [1.807, 2.05) is 20.0 Å². The third kappa shape index (κ3) is 3.42. The molecule has 2 rings (SSSR count). The van der Waals surface area contributed by atoms with E-state index in [1.165, 1.54) is 4.68 Å². The van der Waals surface area contributed by atoms with Crippen LogP contribution in [0.1, 0.15) is 23.2 Å². The third-order valence-electron chi connectivity index (χ3n) is 2.54. The average Bonchev–Trinajstić information content (AvgIpc) is 2.80. The van der Waals surface area contributed by atoms with Crippen molar-refractivity contribution in [1.82, 2.24) is 14.8 Å². The fraction of sp³-hybridized carbons (Fsp3) is 0.417. The van der Waals surface area contributed by atoms with E-state index in [9.17, 15) is 4.79 Å². The van der Waals surface area contributed by atoms with Crippen molar-refractivity contribution < 1.29 is 0 Å². The van der Waals surface area contributed by atoms with E-state index in [2.05, 4.69) is 31.3 Å². The summed E-state index contributed by atoms with van der Waals surface area (Å²) in [5.74, 6) is 0. The van der Waals surface area contributed by atoms with Gasteiger partial charge in [-0.2, -0.15) is 5.10 Å².